The summed E-state index contributed by atoms with van der Waals surface area (Å²) in [4.78, 5) is 28.8. The van der Waals surface area contributed by atoms with Crippen molar-refractivity contribution in [1.82, 2.24) is 9.55 Å². The van der Waals surface area contributed by atoms with Crippen LogP contribution in [0.25, 0.3) is 0 Å². The normalized spacial score (nSPS) is 11.0. The lowest BCUT2D eigenvalue weighted by molar-refractivity contribution is 0.208. The first kappa shape index (κ1) is 22.6. The summed E-state index contributed by atoms with van der Waals surface area (Å²) in [6.45, 7) is 8.90. The van der Waals surface area contributed by atoms with Gasteiger partial charge in [0.25, 0.3) is 5.56 Å². The number of nitrogens with two attached hydrogens (primary N) is 1. The van der Waals surface area contributed by atoms with Gasteiger partial charge < -0.3 is 20.7 Å². The second kappa shape index (κ2) is 9.71. The molecule has 158 valence electrons. The molecule has 0 unspecified atom stereocenters. The molecular formula is C20H29N5O3S. The molecule has 1 aromatic carbocycles. The molecule has 1 aromatic heterocycles. The van der Waals surface area contributed by atoms with E-state index in [9.17, 15) is 9.59 Å². The zero-order valence-corrected chi connectivity index (χ0v) is 18.4. The van der Waals surface area contributed by atoms with E-state index < -0.39 is 11.2 Å². The number of hydrogen-bond donors (Lipinski definition) is 3. The van der Waals surface area contributed by atoms with Crippen LogP contribution in [-0.4, -0.2) is 34.9 Å². The van der Waals surface area contributed by atoms with Gasteiger partial charge in [-0.1, -0.05) is 19.9 Å². The summed E-state index contributed by atoms with van der Waals surface area (Å²) in [7, 11) is 1.56. The number of aromatic amines is 1. The van der Waals surface area contributed by atoms with Gasteiger partial charge >= 0.3 is 5.69 Å². The predicted molar refractivity (Wildman–Crippen MR) is 122 cm³/mol. The zero-order chi connectivity index (χ0) is 21.7. The first-order chi connectivity index (χ1) is 13.6. The van der Waals surface area contributed by atoms with E-state index in [1.54, 1.807) is 12.0 Å². The third-order valence-electron chi connectivity index (χ3n) is 4.27. The monoisotopic (exact) mass is 419 g/mol. The first-order valence-electron chi connectivity index (χ1n) is 9.42. The Morgan fingerprint density at radius 2 is 1.90 bits per heavy atom. The number of nitrogens with one attached hydrogen (secondary N) is 2. The fourth-order valence-electron chi connectivity index (χ4n) is 3.12. The Kier molecular flexibility index (Phi) is 7.58. The molecule has 0 saturated carbocycles. The minimum atomic E-state index is -0.590. The number of hydrogen-bond acceptors (Lipinski definition) is 5. The van der Waals surface area contributed by atoms with Crippen molar-refractivity contribution in [2.24, 2.45) is 5.92 Å². The Bertz CT molecular complexity index is 976. The van der Waals surface area contributed by atoms with Gasteiger partial charge in [-0.15, -0.1) is 0 Å². The van der Waals surface area contributed by atoms with Crippen molar-refractivity contribution in [3.63, 3.8) is 0 Å². The maximum absolute atomic E-state index is 12.6. The Balaban J connectivity index is 2.50. The van der Waals surface area contributed by atoms with Crippen LogP contribution in [-0.2, 0) is 11.3 Å². The molecule has 2 rings (SSSR count). The average molecular weight is 420 g/mol. The van der Waals surface area contributed by atoms with Gasteiger partial charge in [0, 0.05) is 25.9 Å². The van der Waals surface area contributed by atoms with Crippen molar-refractivity contribution in [1.29, 1.82) is 0 Å². The van der Waals surface area contributed by atoms with E-state index in [4.69, 9.17) is 22.7 Å². The molecule has 0 aliphatic carbocycles. The molecule has 4 N–H and O–H groups in total. The van der Waals surface area contributed by atoms with Gasteiger partial charge in [0.2, 0.25) is 0 Å². The Labute approximate surface area is 175 Å². The summed E-state index contributed by atoms with van der Waals surface area (Å²) in [5, 5.41) is 3.46. The maximum atomic E-state index is 12.6. The van der Waals surface area contributed by atoms with Crippen LogP contribution < -0.4 is 27.2 Å². The van der Waals surface area contributed by atoms with Crippen LogP contribution in [0.1, 0.15) is 25.0 Å². The number of nitrogens with zero attached hydrogens (tertiary/aromatic N) is 2. The van der Waals surface area contributed by atoms with Crippen LogP contribution in [0.4, 0.5) is 17.2 Å². The topological polar surface area (TPSA) is 105 Å². The fraction of sp³-hybridized carbons (Fsp3) is 0.450. The Morgan fingerprint density at radius 3 is 2.45 bits per heavy atom. The standard InChI is InChI=1S/C20H29N5O3S/c1-12(2)11-25-17(21)16(18(26)23-19(25)27)24(6-7-28-5)20(29)22-15-9-13(3)8-14(4)10-15/h8-10,12H,6-7,11,21H2,1-5H3,(H,22,29)(H,23,26,27). The van der Waals surface area contributed by atoms with E-state index in [1.807, 2.05) is 39.8 Å². The highest BCUT2D eigenvalue weighted by Crippen LogP contribution is 2.20. The first-order valence-corrected chi connectivity index (χ1v) is 9.83. The van der Waals surface area contributed by atoms with Gasteiger partial charge in [0.15, 0.2) is 10.8 Å². The molecule has 0 fully saturated rings. The second-order valence-electron chi connectivity index (χ2n) is 7.45. The maximum Gasteiger partial charge on any atom is 0.330 e. The summed E-state index contributed by atoms with van der Waals surface area (Å²) < 4.78 is 6.54. The van der Waals surface area contributed by atoms with Crippen LogP contribution >= 0.6 is 12.2 Å². The Hall–Kier alpha value is -2.65. The van der Waals surface area contributed by atoms with Crippen molar-refractivity contribution in [3.05, 3.63) is 50.2 Å². The molecule has 0 spiro atoms. The molecule has 0 bridgehead atoms. The van der Waals surface area contributed by atoms with Crippen LogP contribution in [0.15, 0.2) is 27.8 Å². The molecule has 1 heterocycles. The van der Waals surface area contributed by atoms with E-state index >= 15 is 0 Å². The number of aromatic nitrogens is 2. The predicted octanol–water partition coefficient (Wildman–Crippen LogP) is 2.24. The third-order valence-corrected chi connectivity index (χ3v) is 4.59. The summed E-state index contributed by atoms with van der Waals surface area (Å²) in [6, 6.07) is 5.98. The second-order valence-corrected chi connectivity index (χ2v) is 7.84. The molecule has 0 amide bonds. The molecule has 8 nitrogen and oxygen atoms in total. The van der Waals surface area contributed by atoms with Crippen molar-refractivity contribution >= 4 is 34.5 Å². The highest BCUT2D eigenvalue weighted by molar-refractivity contribution is 7.80. The van der Waals surface area contributed by atoms with Gasteiger partial charge in [0.1, 0.15) is 5.82 Å². The van der Waals surface area contributed by atoms with Crippen molar-refractivity contribution in [3.8, 4) is 0 Å². The zero-order valence-electron chi connectivity index (χ0n) is 17.5. The largest absolute Gasteiger partial charge is 0.383 e. The van der Waals surface area contributed by atoms with Crippen LogP contribution in [0, 0.1) is 19.8 Å². The molecule has 0 atom stereocenters. The molecule has 0 saturated heterocycles. The minimum absolute atomic E-state index is 0.0770. The van der Waals surface area contributed by atoms with E-state index in [0.717, 1.165) is 16.8 Å². The number of ether oxygens (including phenoxy) is 1. The number of anilines is 3. The highest BCUT2D eigenvalue weighted by Gasteiger charge is 2.22. The van der Waals surface area contributed by atoms with Crippen LogP contribution in [0.5, 0.6) is 0 Å². The molecule has 0 aliphatic rings. The quantitative estimate of drug-likeness (QED) is 0.591. The van der Waals surface area contributed by atoms with E-state index in [2.05, 4.69) is 16.4 Å². The number of thiocarbonyl (C=S) groups is 1. The molecule has 9 heteroatoms. The molecule has 0 radical (unpaired) electrons. The molecule has 29 heavy (non-hydrogen) atoms. The average Bonchev–Trinajstić information content (AvgIpc) is 2.60. The van der Waals surface area contributed by atoms with Crippen molar-refractivity contribution in [2.45, 2.75) is 34.2 Å². The Morgan fingerprint density at radius 1 is 1.28 bits per heavy atom. The SMILES string of the molecule is COCCN(C(=S)Nc1cc(C)cc(C)c1)c1c(N)n(CC(C)C)c(=O)[nH]c1=O. The van der Waals surface area contributed by atoms with Crippen LogP contribution in [0.3, 0.4) is 0 Å². The van der Waals surface area contributed by atoms with Crippen molar-refractivity contribution in [2.75, 3.05) is 36.2 Å². The number of methoxy groups -OCH3 is 1. The molecule has 2 aromatic rings. The summed E-state index contributed by atoms with van der Waals surface area (Å²) in [6.07, 6.45) is 0. The number of H-pyrrole nitrogens is 1. The van der Waals surface area contributed by atoms with Crippen molar-refractivity contribution < 1.29 is 4.74 Å². The summed E-state index contributed by atoms with van der Waals surface area (Å²) >= 11 is 5.59. The van der Waals surface area contributed by atoms with Gasteiger partial charge in [-0.25, -0.2) is 4.79 Å². The lowest BCUT2D eigenvalue weighted by Crippen LogP contribution is -2.44. The van der Waals surface area contributed by atoms with Crippen LogP contribution in [0.2, 0.25) is 0 Å². The number of aryl methyl sites for hydroxylation is 2. The summed E-state index contributed by atoms with van der Waals surface area (Å²) in [5.74, 6) is 0.245. The van der Waals surface area contributed by atoms with Gasteiger partial charge in [0.05, 0.1) is 6.61 Å². The summed E-state index contributed by atoms with van der Waals surface area (Å²) in [5.41, 5.74) is 8.24. The van der Waals surface area contributed by atoms with E-state index in [-0.39, 0.29) is 17.4 Å². The minimum Gasteiger partial charge on any atom is -0.383 e. The van der Waals surface area contributed by atoms with Gasteiger partial charge in [-0.2, -0.15) is 0 Å². The third kappa shape index (κ3) is 5.68. The highest BCUT2D eigenvalue weighted by atomic mass is 32.1. The molecule has 0 aliphatic heterocycles. The number of nitrogen functional groups attached to an aromatic ring is 1. The van der Waals surface area contributed by atoms with Gasteiger partial charge in [-0.3, -0.25) is 14.3 Å². The number of benzene rings is 1. The number of rotatable bonds is 7. The van der Waals surface area contributed by atoms with Gasteiger partial charge in [-0.05, 0) is 55.2 Å². The smallest absolute Gasteiger partial charge is 0.330 e. The van der Waals surface area contributed by atoms with E-state index in [1.165, 1.54) is 4.57 Å². The van der Waals surface area contributed by atoms with E-state index in [0.29, 0.717) is 24.8 Å². The lowest BCUT2D eigenvalue weighted by atomic mass is 10.1. The molecular weight excluding hydrogens is 390 g/mol. The lowest BCUT2D eigenvalue weighted by Gasteiger charge is -2.27. The fourth-order valence-corrected chi connectivity index (χ4v) is 3.42.